The Balaban J connectivity index is 1.84. The van der Waals surface area contributed by atoms with Crippen LogP contribution in [0, 0.1) is 6.92 Å². The summed E-state index contributed by atoms with van der Waals surface area (Å²) < 4.78 is 10.7. The second-order valence-electron chi connectivity index (χ2n) is 5.30. The maximum atomic E-state index is 12.1. The van der Waals surface area contributed by atoms with Crippen molar-refractivity contribution in [3.63, 3.8) is 0 Å². The molecule has 0 fully saturated rings. The number of hydrogen-bond acceptors (Lipinski definition) is 4. The van der Waals surface area contributed by atoms with Crippen LogP contribution in [-0.4, -0.2) is 24.6 Å². The Morgan fingerprint density at radius 3 is 2.38 bits per heavy atom. The van der Waals surface area contributed by atoms with Gasteiger partial charge in [0, 0.05) is 5.69 Å². The van der Waals surface area contributed by atoms with Gasteiger partial charge in [-0.15, -0.1) is 0 Å². The number of amides is 1. The second-order valence-corrected chi connectivity index (χ2v) is 5.30. The molecule has 1 N–H and O–H groups in total. The number of carbonyl (C=O) groups is 2. The summed E-state index contributed by atoms with van der Waals surface area (Å²) in [5, 5.41) is 2.72. The molecule has 2 aromatic carbocycles. The summed E-state index contributed by atoms with van der Waals surface area (Å²) in [6.07, 6.45) is -0.286. The summed E-state index contributed by atoms with van der Waals surface area (Å²) in [6, 6.07) is 16.4. The zero-order chi connectivity index (χ0) is 17.4. The van der Waals surface area contributed by atoms with Crippen molar-refractivity contribution in [3.8, 4) is 5.75 Å². The van der Waals surface area contributed by atoms with Crippen molar-refractivity contribution in [1.82, 2.24) is 0 Å². The molecule has 5 heteroatoms. The third kappa shape index (κ3) is 5.12. The number of esters is 1. The fourth-order valence-electron chi connectivity index (χ4n) is 2.09. The third-order valence-electron chi connectivity index (χ3n) is 3.42. The van der Waals surface area contributed by atoms with Gasteiger partial charge in [0.05, 0.1) is 0 Å². The van der Waals surface area contributed by atoms with E-state index in [1.54, 1.807) is 18.2 Å². The summed E-state index contributed by atoms with van der Waals surface area (Å²) in [5.41, 5.74) is 1.64. The molecule has 1 atom stereocenters. The van der Waals surface area contributed by atoms with Gasteiger partial charge in [0.1, 0.15) is 5.75 Å². The molecule has 0 spiro atoms. The molecule has 0 saturated carbocycles. The summed E-state index contributed by atoms with van der Waals surface area (Å²) in [7, 11) is 0. The van der Waals surface area contributed by atoms with Gasteiger partial charge in [0.15, 0.2) is 12.7 Å². The Morgan fingerprint density at radius 2 is 1.71 bits per heavy atom. The predicted octanol–water partition coefficient (Wildman–Crippen LogP) is 3.33. The highest BCUT2D eigenvalue weighted by Crippen LogP contribution is 2.14. The number of aryl methyl sites for hydroxylation is 1. The van der Waals surface area contributed by atoms with Crippen molar-refractivity contribution in [3.05, 3.63) is 60.2 Å². The normalized spacial score (nSPS) is 11.4. The Morgan fingerprint density at radius 1 is 1.04 bits per heavy atom. The standard InChI is InChI=1S/C19H21NO4/c1-3-17(24-15-10-5-4-6-11-15)19(22)23-13-18(21)20-16-12-8-7-9-14(16)2/h4-12,17H,3,13H2,1-2H3,(H,20,21)/t17-/m1/s1. The minimum Gasteiger partial charge on any atom is -0.479 e. The van der Waals surface area contributed by atoms with E-state index in [4.69, 9.17) is 9.47 Å². The fraction of sp³-hybridized carbons (Fsp3) is 0.263. The van der Waals surface area contributed by atoms with Gasteiger partial charge in [-0.05, 0) is 37.1 Å². The van der Waals surface area contributed by atoms with Crippen LogP contribution in [0.5, 0.6) is 5.75 Å². The molecule has 0 saturated heterocycles. The number of anilines is 1. The first-order valence-corrected chi connectivity index (χ1v) is 7.84. The molecule has 0 aromatic heterocycles. The SMILES string of the molecule is CC[C@@H](Oc1ccccc1)C(=O)OCC(=O)Nc1ccccc1C. The molecule has 0 aliphatic carbocycles. The van der Waals surface area contributed by atoms with E-state index in [-0.39, 0.29) is 12.5 Å². The smallest absolute Gasteiger partial charge is 0.347 e. The lowest BCUT2D eigenvalue weighted by molar-refractivity contribution is -0.154. The first-order valence-electron chi connectivity index (χ1n) is 7.84. The van der Waals surface area contributed by atoms with Crippen LogP contribution in [-0.2, 0) is 14.3 Å². The van der Waals surface area contributed by atoms with Crippen LogP contribution in [0.25, 0.3) is 0 Å². The topological polar surface area (TPSA) is 64.6 Å². The first kappa shape index (κ1) is 17.5. The maximum absolute atomic E-state index is 12.1. The highest BCUT2D eigenvalue weighted by Gasteiger charge is 2.21. The van der Waals surface area contributed by atoms with Crippen LogP contribution in [0.4, 0.5) is 5.69 Å². The molecule has 2 rings (SSSR count). The summed E-state index contributed by atoms with van der Waals surface area (Å²) in [5.74, 6) is -0.348. The van der Waals surface area contributed by atoms with Gasteiger partial charge >= 0.3 is 5.97 Å². The average molecular weight is 327 g/mol. The van der Waals surface area contributed by atoms with Crippen LogP contribution in [0.15, 0.2) is 54.6 Å². The van der Waals surface area contributed by atoms with E-state index in [0.29, 0.717) is 17.9 Å². The molecule has 0 heterocycles. The van der Waals surface area contributed by atoms with Crippen LogP contribution in [0.1, 0.15) is 18.9 Å². The lowest BCUT2D eigenvalue weighted by Gasteiger charge is -2.16. The monoisotopic (exact) mass is 327 g/mol. The van der Waals surface area contributed by atoms with Gasteiger partial charge in [-0.2, -0.15) is 0 Å². The molecular formula is C19H21NO4. The Bertz CT molecular complexity index is 685. The van der Waals surface area contributed by atoms with E-state index in [0.717, 1.165) is 5.56 Å². The summed E-state index contributed by atoms with van der Waals surface area (Å²) >= 11 is 0. The lowest BCUT2D eigenvalue weighted by Crippen LogP contribution is -2.31. The van der Waals surface area contributed by atoms with Crippen LogP contribution in [0.2, 0.25) is 0 Å². The zero-order valence-corrected chi connectivity index (χ0v) is 13.8. The van der Waals surface area contributed by atoms with Crippen molar-refractivity contribution in [2.24, 2.45) is 0 Å². The van der Waals surface area contributed by atoms with E-state index >= 15 is 0 Å². The summed E-state index contributed by atoms with van der Waals surface area (Å²) in [6.45, 7) is 3.37. The molecule has 2 aromatic rings. The number of benzene rings is 2. The Labute approximate surface area is 141 Å². The van der Waals surface area contributed by atoms with Gasteiger partial charge in [0.25, 0.3) is 5.91 Å². The van der Waals surface area contributed by atoms with Crippen LogP contribution < -0.4 is 10.1 Å². The number of nitrogens with one attached hydrogen (secondary N) is 1. The van der Waals surface area contributed by atoms with E-state index in [9.17, 15) is 9.59 Å². The van der Waals surface area contributed by atoms with Gasteiger partial charge in [0.2, 0.25) is 0 Å². The minimum absolute atomic E-state index is 0.345. The largest absolute Gasteiger partial charge is 0.479 e. The zero-order valence-electron chi connectivity index (χ0n) is 13.8. The molecular weight excluding hydrogens is 306 g/mol. The number of carbonyl (C=O) groups excluding carboxylic acids is 2. The first-order chi connectivity index (χ1) is 11.6. The van der Waals surface area contributed by atoms with Crippen LogP contribution >= 0.6 is 0 Å². The van der Waals surface area contributed by atoms with E-state index in [1.807, 2.05) is 50.2 Å². The second kappa shape index (κ2) is 8.72. The molecule has 1 amide bonds. The molecule has 0 aliphatic rings. The molecule has 0 unspecified atom stereocenters. The molecule has 24 heavy (non-hydrogen) atoms. The number of ether oxygens (including phenoxy) is 2. The Hall–Kier alpha value is -2.82. The average Bonchev–Trinajstić information content (AvgIpc) is 2.60. The fourth-order valence-corrected chi connectivity index (χ4v) is 2.09. The summed E-state index contributed by atoms with van der Waals surface area (Å²) in [4.78, 5) is 24.0. The quantitative estimate of drug-likeness (QED) is 0.792. The molecule has 0 radical (unpaired) electrons. The highest BCUT2D eigenvalue weighted by atomic mass is 16.6. The minimum atomic E-state index is -0.737. The van der Waals surface area contributed by atoms with Crippen molar-refractivity contribution in [2.75, 3.05) is 11.9 Å². The maximum Gasteiger partial charge on any atom is 0.347 e. The van der Waals surface area contributed by atoms with Gasteiger partial charge < -0.3 is 14.8 Å². The Kier molecular flexibility index (Phi) is 6.37. The lowest BCUT2D eigenvalue weighted by atomic mass is 10.2. The molecule has 126 valence electrons. The molecule has 0 bridgehead atoms. The third-order valence-corrected chi connectivity index (χ3v) is 3.42. The van der Waals surface area contributed by atoms with Crippen molar-refractivity contribution in [2.45, 2.75) is 26.4 Å². The van der Waals surface area contributed by atoms with E-state index in [1.165, 1.54) is 0 Å². The van der Waals surface area contributed by atoms with Crippen molar-refractivity contribution in [1.29, 1.82) is 0 Å². The van der Waals surface area contributed by atoms with E-state index in [2.05, 4.69) is 5.32 Å². The number of rotatable bonds is 7. The van der Waals surface area contributed by atoms with Gasteiger partial charge in [-0.1, -0.05) is 43.3 Å². The van der Waals surface area contributed by atoms with E-state index < -0.39 is 12.1 Å². The van der Waals surface area contributed by atoms with Crippen molar-refractivity contribution < 1.29 is 19.1 Å². The van der Waals surface area contributed by atoms with Crippen molar-refractivity contribution >= 4 is 17.6 Å². The number of para-hydroxylation sites is 2. The van der Waals surface area contributed by atoms with Crippen LogP contribution in [0.3, 0.4) is 0 Å². The highest BCUT2D eigenvalue weighted by molar-refractivity contribution is 5.93. The number of hydrogen-bond donors (Lipinski definition) is 1. The molecule has 0 aliphatic heterocycles. The van der Waals surface area contributed by atoms with Gasteiger partial charge in [-0.3, -0.25) is 4.79 Å². The van der Waals surface area contributed by atoms with Gasteiger partial charge in [-0.25, -0.2) is 4.79 Å². The molecule has 5 nitrogen and oxygen atoms in total. The predicted molar refractivity (Wildman–Crippen MR) is 91.9 cm³/mol.